The van der Waals surface area contributed by atoms with Crippen molar-refractivity contribution in [3.05, 3.63) is 17.8 Å². The van der Waals surface area contributed by atoms with Crippen molar-refractivity contribution in [2.45, 2.75) is 71.3 Å². The summed E-state index contributed by atoms with van der Waals surface area (Å²) in [6.45, 7) is 7.83. The van der Waals surface area contributed by atoms with Crippen LogP contribution in [0.2, 0.25) is 0 Å². The van der Waals surface area contributed by atoms with Crippen molar-refractivity contribution in [3.63, 3.8) is 0 Å². The number of hydrogen-bond acceptors (Lipinski definition) is 4. The molecule has 1 saturated carbocycles. The zero-order chi connectivity index (χ0) is 19.0. The van der Waals surface area contributed by atoms with E-state index in [0.717, 1.165) is 55.8 Å². The van der Waals surface area contributed by atoms with E-state index in [4.69, 9.17) is 14.7 Å². The quantitative estimate of drug-likeness (QED) is 0.865. The highest BCUT2D eigenvalue weighted by molar-refractivity contribution is 5.91. The second-order valence-electron chi connectivity index (χ2n) is 9.14. The molecule has 2 aliphatic rings. The second kappa shape index (κ2) is 7.23. The summed E-state index contributed by atoms with van der Waals surface area (Å²) >= 11 is 0. The van der Waals surface area contributed by atoms with Crippen LogP contribution in [-0.4, -0.2) is 33.7 Å². The van der Waals surface area contributed by atoms with Gasteiger partial charge in [-0.1, -0.05) is 20.8 Å². The zero-order valence-electron chi connectivity index (χ0n) is 16.6. The van der Waals surface area contributed by atoms with E-state index in [1.165, 1.54) is 6.42 Å². The number of anilines is 1. The van der Waals surface area contributed by atoms with E-state index >= 15 is 0 Å². The highest BCUT2D eigenvalue weighted by Gasteiger charge is 2.28. The van der Waals surface area contributed by atoms with Gasteiger partial charge in [0.25, 0.3) is 0 Å². The van der Waals surface area contributed by atoms with Gasteiger partial charge in [-0.2, -0.15) is 0 Å². The monoisotopic (exact) mass is 370 g/mol. The predicted molar refractivity (Wildman–Crippen MR) is 106 cm³/mol. The SMILES string of the molecule is CC(C)(C)CC(=O)Nc1nc2ccc(C3CCOCC3)nc2n1C1CCC1. The van der Waals surface area contributed by atoms with Crippen molar-refractivity contribution in [2.75, 3.05) is 18.5 Å². The number of fused-ring (bicyclic) bond motifs is 1. The normalized spacial score (nSPS) is 19.2. The summed E-state index contributed by atoms with van der Waals surface area (Å²) in [5.74, 6) is 1.12. The minimum absolute atomic E-state index is 0.0167. The molecule has 0 unspecified atom stereocenters. The number of pyridine rings is 1. The van der Waals surface area contributed by atoms with Gasteiger partial charge in [0.15, 0.2) is 5.65 Å². The summed E-state index contributed by atoms with van der Waals surface area (Å²) < 4.78 is 7.66. The Morgan fingerprint density at radius 2 is 1.93 bits per heavy atom. The smallest absolute Gasteiger partial charge is 0.227 e. The highest BCUT2D eigenvalue weighted by Crippen LogP contribution is 2.37. The summed E-state index contributed by atoms with van der Waals surface area (Å²) in [6, 6.07) is 4.54. The van der Waals surface area contributed by atoms with E-state index in [9.17, 15) is 4.79 Å². The number of aromatic nitrogens is 3. The Labute approximate surface area is 160 Å². The number of carbonyl (C=O) groups is 1. The third kappa shape index (κ3) is 4.00. The lowest BCUT2D eigenvalue weighted by atomic mass is 9.92. The third-order valence-electron chi connectivity index (χ3n) is 5.58. The molecule has 1 N–H and O–H groups in total. The van der Waals surface area contributed by atoms with E-state index in [0.29, 0.717) is 24.3 Å². The van der Waals surface area contributed by atoms with Crippen molar-refractivity contribution in [1.29, 1.82) is 0 Å². The van der Waals surface area contributed by atoms with E-state index in [1.807, 2.05) is 0 Å². The average Bonchev–Trinajstić information content (AvgIpc) is 2.89. The Morgan fingerprint density at radius 1 is 1.19 bits per heavy atom. The van der Waals surface area contributed by atoms with Crippen LogP contribution in [0.25, 0.3) is 11.2 Å². The topological polar surface area (TPSA) is 69.0 Å². The minimum Gasteiger partial charge on any atom is -0.381 e. The molecule has 27 heavy (non-hydrogen) atoms. The Morgan fingerprint density at radius 3 is 2.56 bits per heavy atom. The molecule has 2 fully saturated rings. The standard InChI is InChI=1S/C21H30N4O2/c1-21(2,3)13-18(26)24-20-23-17-8-7-16(14-9-11-27-12-10-14)22-19(17)25(20)15-5-4-6-15/h7-8,14-15H,4-6,9-13H2,1-3H3,(H,23,24,26). The lowest BCUT2D eigenvalue weighted by molar-refractivity contribution is -0.117. The van der Waals surface area contributed by atoms with Crippen LogP contribution in [0.4, 0.5) is 5.95 Å². The van der Waals surface area contributed by atoms with Crippen molar-refractivity contribution in [2.24, 2.45) is 5.41 Å². The van der Waals surface area contributed by atoms with Crippen molar-refractivity contribution in [1.82, 2.24) is 14.5 Å². The predicted octanol–water partition coefficient (Wildman–Crippen LogP) is 4.43. The molecular formula is C21H30N4O2. The number of carbonyl (C=O) groups excluding carboxylic acids is 1. The third-order valence-corrected chi connectivity index (χ3v) is 5.58. The van der Waals surface area contributed by atoms with Gasteiger partial charge < -0.3 is 4.74 Å². The molecule has 4 rings (SSSR count). The number of hydrogen-bond donors (Lipinski definition) is 1. The molecule has 0 radical (unpaired) electrons. The molecule has 0 spiro atoms. The van der Waals surface area contributed by atoms with Crippen LogP contribution in [0.3, 0.4) is 0 Å². The van der Waals surface area contributed by atoms with Gasteiger partial charge in [-0.15, -0.1) is 0 Å². The van der Waals surface area contributed by atoms with Crippen molar-refractivity contribution in [3.8, 4) is 0 Å². The fraction of sp³-hybridized carbons (Fsp3) is 0.667. The minimum atomic E-state index is -0.0497. The molecule has 1 amide bonds. The molecule has 6 heteroatoms. The number of nitrogens with zero attached hydrogens (tertiary/aromatic N) is 3. The van der Waals surface area contributed by atoms with Crippen LogP contribution in [-0.2, 0) is 9.53 Å². The molecule has 146 valence electrons. The summed E-state index contributed by atoms with van der Waals surface area (Å²) in [5, 5.41) is 3.06. The molecular weight excluding hydrogens is 340 g/mol. The Balaban J connectivity index is 1.67. The van der Waals surface area contributed by atoms with E-state index < -0.39 is 0 Å². The number of rotatable bonds is 4. The molecule has 1 saturated heterocycles. The Bertz CT molecular complexity index is 827. The molecule has 0 aromatic carbocycles. The highest BCUT2D eigenvalue weighted by atomic mass is 16.5. The number of nitrogens with one attached hydrogen (secondary N) is 1. The zero-order valence-corrected chi connectivity index (χ0v) is 16.6. The first-order valence-electron chi connectivity index (χ1n) is 10.2. The van der Waals surface area contributed by atoms with E-state index in [-0.39, 0.29) is 11.3 Å². The number of ether oxygens (including phenoxy) is 1. The van der Waals surface area contributed by atoms with Crippen LogP contribution < -0.4 is 5.32 Å². The lowest BCUT2D eigenvalue weighted by Gasteiger charge is -2.29. The molecule has 1 aliphatic carbocycles. The maximum absolute atomic E-state index is 12.5. The number of amides is 1. The van der Waals surface area contributed by atoms with Crippen molar-refractivity contribution >= 4 is 23.0 Å². The van der Waals surface area contributed by atoms with Gasteiger partial charge in [0.1, 0.15) is 5.52 Å². The maximum atomic E-state index is 12.5. The summed E-state index contributed by atoms with van der Waals surface area (Å²) in [7, 11) is 0. The van der Waals surface area contributed by atoms with Gasteiger partial charge >= 0.3 is 0 Å². The lowest BCUT2D eigenvalue weighted by Crippen LogP contribution is -2.25. The molecule has 6 nitrogen and oxygen atoms in total. The van der Waals surface area contributed by atoms with Crippen LogP contribution in [0.15, 0.2) is 12.1 Å². The van der Waals surface area contributed by atoms with Crippen LogP contribution in [0.1, 0.15) is 76.9 Å². The van der Waals surface area contributed by atoms with Gasteiger partial charge in [0.05, 0.1) is 0 Å². The molecule has 3 heterocycles. The molecule has 2 aromatic rings. The first-order valence-corrected chi connectivity index (χ1v) is 10.2. The van der Waals surface area contributed by atoms with Crippen LogP contribution >= 0.6 is 0 Å². The van der Waals surface area contributed by atoms with E-state index in [1.54, 1.807) is 0 Å². The molecule has 0 bridgehead atoms. The average molecular weight is 370 g/mol. The van der Waals surface area contributed by atoms with Gasteiger partial charge in [-0.25, -0.2) is 9.97 Å². The van der Waals surface area contributed by atoms with Crippen LogP contribution in [0.5, 0.6) is 0 Å². The number of imidazole rings is 1. The van der Waals surface area contributed by atoms with Gasteiger partial charge in [-0.3, -0.25) is 14.7 Å². The molecule has 2 aromatic heterocycles. The summed E-state index contributed by atoms with van der Waals surface area (Å²) in [4.78, 5) is 22.2. The van der Waals surface area contributed by atoms with Gasteiger partial charge in [0, 0.05) is 37.3 Å². The fourth-order valence-corrected chi connectivity index (χ4v) is 3.94. The maximum Gasteiger partial charge on any atom is 0.227 e. The van der Waals surface area contributed by atoms with Crippen molar-refractivity contribution < 1.29 is 9.53 Å². The second-order valence-corrected chi connectivity index (χ2v) is 9.14. The van der Waals surface area contributed by atoms with Gasteiger partial charge in [-0.05, 0) is 49.7 Å². The fourth-order valence-electron chi connectivity index (χ4n) is 3.94. The van der Waals surface area contributed by atoms with Gasteiger partial charge in [0.2, 0.25) is 11.9 Å². The first kappa shape index (κ1) is 18.4. The Kier molecular flexibility index (Phi) is 4.93. The molecule has 0 atom stereocenters. The largest absolute Gasteiger partial charge is 0.381 e. The van der Waals surface area contributed by atoms with Crippen LogP contribution in [0, 0.1) is 5.41 Å². The Hall–Kier alpha value is -1.95. The summed E-state index contributed by atoms with van der Waals surface area (Å²) in [6.07, 6.45) is 5.98. The first-order chi connectivity index (χ1) is 12.9. The summed E-state index contributed by atoms with van der Waals surface area (Å²) in [5.41, 5.74) is 2.85. The molecule has 1 aliphatic heterocycles. The van der Waals surface area contributed by atoms with E-state index in [2.05, 4.69) is 42.8 Å².